The Balaban J connectivity index is 1.86. The summed E-state index contributed by atoms with van der Waals surface area (Å²) in [6, 6.07) is 6.63. The molecule has 1 N–H and O–H groups in total. The van der Waals surface area contributed by atoms with Crippen molar-refractivity contribution < 1.29 is 4.39 Å². The third-order valence-electron chi connectivity index (χ3n) is 4.06. The van der Waals surface area contributed by atoms with Crippen LogP contribution in [0.1, 0.15) is 18.9 Å². The molecule has 0 amide bonds. The van der Waals surface area contributed by atoms with Crippen molar-refractivity contribution in [2.24, 2.45) is 0 Å². The van der Waals surface area contributed by atoms with Crippen LogP contribution in [-0.4, -0.2) is 36.1 Å². The number of hydrogen-bond donors (Lipinski definition) is 1. The molecule has 1 fully saturated rings. The summed E-state index contributed by atoms with van der Waals surface area (Å²) in [5.41, 5.74) is 1.62. The van der Waals surface area contributed by atoms with E-state index in [-0.39, 0.29) is 11.4 Å². The Morgan fingerprint density at radius 3 is 2.76 bits per heavy atom. The molecule has 2 aromatic rings. The van der Waals surface area contributed by atoms with Crippen molar-refractivity contribution in [2.45, 2.75) is 19.4 Å². The molecule has 0 bridgehead atoms. The molecule has 1 aromatic heterocycles. The second kappa shape index (κ2) is 5.83. The molecule has 0 unspecified atom stereocenters. The number of nitrogens with one attached hydrogen (secondary N) is 1. The van der Waals surface area contributed by atoms with E-state index >= 15 is 0 Å². The van der Waals surface area contributed by atoms with Crippen LogP contribution in [0, 0.1) is 5.82 Å². The summed E-state index contributed by atoms with van der Waals surface area (Å²) in [5, 5.41) is 6.48. The number of piperazine rings is 1. The Morgan fingerprint density at radius 1 is 1.29 bits per heavy atom. The minimum atomic E-state index is -0.219. The third kappa shape index (κ3) is 3.00. The monoisotopic (exact) mass is 305 g/mol. The molecule has 0 aliphatic carbocycles. The lowest BCUT2D eigenvalue weighted by molar-refractivity contribution is 0.102. The van der Waals surface area contributed by atoms with E-state index in [2.05, 4.69) is 24.1 Å². The molecule has 0 saturated carbocycles. The van der Waals surface area contributed by atoms with Gasteiger partial charge in [0, 0.05) is 37.1 Å². The van der Waals surface area contributed by atoms with Gasteiger partial charge >= 0.3 is 0 Å². The van der Waals surface area contributed by atoms with E-state index < -0.39 is 0 Å². The van der Waals surface area contributed by atoms with Crippen molar-refractivity contribution in [2.75, 3.05) is 26.2 Å². The Labute approximate surface area is 128 Å². The number of hydrogen-bond acceptors (Lipinski definition) is 4. The highest BCUT2D eigenvalue weighted by Crippen LogP contribution is 2.33. The molecule has 0 radical (unpaired) electrons. The van der Waals surface area contributed by atoms with Gasteiger partial charge in [0.25, 0.3) is 0 Å². The lowest BCUT2D eigenvalue weighted by Crippen LogP contribution is -2.51. The van der Waals surface area contributed by atoms with E-state index in [0.29, 0.717) is 0 Å². The molecular weight excluding hydrogens is 285 g/mol. The number of rotatable bonds is 3. The second-order valence-electron chi connectivity index (χ2n) is 5.84. The van der Waals surface area contributed by atoms with Gasteiger partial charge in [0.05, 0.1) is 11.2 Å². The van der Waals surface area contributed by atoms with E-state index in [1.54, 1.807) is 17.4 Å². The Kier molecular flexibility index (Phi) is 4.06. The predicted molar refractivity (Wildman–Crippen MR) is 85.0 cm³/mol. The lowest BCUT2D eigenvalue weighted by Gasteiger charge is -2.39. The van der Waals surface area contributed by atoms with E-state index in [1.807, 2.05) is 11.4 Å². The topological polar surface area (TPSA) is 28.2 Å². The standard InChI is InChI=1S/C16H20FN3S/c1-16(2,20-8-6-18-7-9-20)15-19-14(11-21-15)12-4-3-5-13(17)10-12/h3-5,10-11,18H,6-9H2,1-2H3. The van der Waals surface area contributed by atoms with Gasteiger partial charge in [0.1, 0.15) is 10.8 Å². The molecular formula is C16H20FN3S. The van der Waals surface area contributed by atoms with Crippen molar-refractivity contribution >= 4 is 11.3 Å². The van der Waals surface area contributed by atoms with Crippen LogP contribution in [0.5, 0.6) is 0 Å². The van der Waals surface area contributed by atoms with Gasteiger partial charge in [-0.2, -0.15) is 0 Å². The maximum atomic E-state index is 13.3. The SMILES string of the molecule is CC(C)(c1nc(-c2cccc(F)c2)cs1)N1CCNCC1. The highest BCUT2D eigenvalue weighted by Gasteiger charge is 2.32. The maximum Gasteiger partial charge on any atom is 0.123 e. The van der Waals surface area contributed by atoms with E-state index in [4.69, 9.17) is 4.98 Å². The fourth-order valence-corrected chi connectivity index (χ4v) is 3.67. The summed E-state index contributed by atoms with van der Waals surface area (Å²) in [6.07, 6.45) is 0. The molecule has 1 aliphatic heterocycles. The van der Waals surface area contributed by atoms with Crippen LogP contribution < -0.4 is 5.32 Å². The van der Waals surface area contributed by atoms with Crippen molar-refractivity contribution in [1.29, 1.82) is 0 Å². The highest BCUT2D eigenvalue weighted by atomic mass is 32.1. The van der Waals surface area contributed by atoms with Crippen LogP contribution in [-0.2, 0) is 5.54 Å². The Hall–Kier alpha value is -1.30. The molecule has 21 heavy (non-hydrogen) atoms. The Morgan fingerprint density at radius 2 is 2.05 bits per heavy atom. The fraction of sp³-hybridized carbons (Fsp3) is 0.438. The zero-order valence-electron chi connectivity index (χ0n) is 12.4. The van der Waals surface area contributed by atoms with Gasteiger partial charge in [0.2, 0.25) is 0 Å². The predicted octanol–water partition coefficient (Wildman–Crippen LogP) is 3.09. The number of halogens is 1. The number of benzene rings is 1. The fourth-order valence-electron chi connectivity index (χ4n) is 2.69. The number of nitrogens with zero attached hydrogens (tertiary/aromatic N) is 2. The summed E-state index contributed by atoms with van der Waals surface area (Å²) in [7, 11) is 0. The molecule has 0 spiro atoms. The van der Waals surface area contributed by atoms with E-state index in [1.165, 1.54) is 12.1 Å². The second-order valence-corrected chi connectivity index (χ2v) is 6.70. The quantitative estimate of drug-likeness (QED) is 0.944. The van der Waals surface area contributed by atoms with Crippen molar-refractivity contribution in [3.8, 4) is 11.3 Å². The molecule has 5 heteroatoms. The lowest BCUT2D eigenvalue weighted by atomic mass is 10.0. The van der Waals surface area contributed by atoms with Crippen molar-refractivity contribution in [3.63, 3.8) is 0 Å². The molecule has 1 saturated heterocycles. The van der Waals surface area contributed by atoms with Crippen LogP contribution in [0.4, 0.5) is 4.39 Å². The number of thiazole rings is 1. The van der Waals surface area contributed by atoms with Gasteiger partial charge in [0.15, 0.2) is 0 Å². The van der Waals surface area contributed by atoms with Crippen molar-refractivity contribution in [3.05, 3.63) is 40.5 Å². The average molecular weight is 305 g/mol. The molecule has 1 aromatic carbocycles. The third-order valence-corrected chi connectivity index (χ3v) is 5.21. The van der Waals surface area contributed by atoms with E-state index in [0.717, 1.165) is 42.4 Å². The van der Waals surface area contributed by atoms with Gasteiger partial charge in [-0.3, -0.25) is 4.90 Å². The minimum absolute atomic E-state index is 0.0850. The summed E-state index contributed by atoms with van der Waals surface area (Å²) < 4.78 is 13.3. The van der Waals surface area contributed by atoms with Gasteiger partial charge in [-0.15, -0.1) is 11.3 Å². The van der Waals surface area contributed by atoms with Crippen LogP contribution >= 0.6 is 11.3 Å². The number of aromatic nitrogens is 1. The van der Waals surface area contributed by atoms with E-state index in [9.17, 15) is 4.39 Å². The summed E-state index contributed by atoms with van der Waals surface area (Å²) in [6.45, 7) is 8.53. The largest absolute Gasteiger partial charge is 0.314 e. The van der Waals surface area contributed by atoms with Crippen LogP contribution in [0.15, 0.2) is 29.6 Å². The highest BCUT2D eigenvalue weighted by molar-refractivity contribution is 7.10. The average Bonchev–Trinajstić information content (AvgIpc) is 2.99. The van der Waals surface area contributed by atoms with Crippen LogP contribution in [0.2, 0.25) is 0 Å². The normalized spacial score (nSPS) is 17.1. The van der Waals surface area contributed by atoms with Gasteiger partial charge in [-0.1, -0.05) is 12.1 Å². The molecule has 112 valence electrons. The zero-order valence-corrected chi connectivity index (χ0v) is 13.2. The summed E-state index contributed by atoms with van der Waals surface area (Å²) in [4.78, 5) is 7.21. The summed E-state index contributed by atoms with van der Waals surface area (Å²) in [5.74, 6) is -0.219. The summed E-state index contributed by atoms with van der Waals surface area (Å²) >= 11 is 1.66. The van der Waals surface area contributed by atoms with Crippen molar-refractivity contribution in [1.82, 2.24) is 15.2 Å². The van der Waals surface area contributed by atoms with Crippen LogP contribution in [0.25, 0.3) is 11.3 Å². The molecule has 3 rings (SSSR count). The first kappa shape index (κ1) is 14.6. The maximum absolute atomic E-state index is 13.3. The van der Waals surface area contributed by atoms with Gasteiger partial charge in [-0.25, -0.2) is 9.37 Å². The first-order valence-corrected chi connectivity index (χ1v) is 8.13. The minimum Gasteiger partial charge on any atom is -0.314 e. The molecule has 3 nitrogen and oxygen atoms in total. The molecule has 1 aliphatic rings. The Bertz CT molecular complexity index is 617. The first-order chi connectivity index (χ1) is 10.1. The molecule has 0 atom stereocenters. The first-order valence-electron chi connectivity index (χ1n) is 7.25. The zero-order chi connectivity index (χ0) is 14.9. The molecule has 2 heterocycles. The smallest absolute Gasteiger partial charge is 0.123 e. The van der Waals surface area contributed by atoms with Gasteiger partial charge in [-0.05, 0) is 26.0 Å². The van der Waals surface area contributed by atoms with Gasteiger partial charge < -0.3 is 5.32 Å². The van der Waals surface area contributed by atoms with Crippen LogP contribution in [0.3, 0.4) is 0 Å².